The number of rotatable bonds is 6. The summed E-state index contributed by atoms with van der Waals surface area (Å²) in [6.45, 7) is 5.66. The summed E-state index contributed by atoms with van der Waals surface area (Å²) in [5, 5.41) is 9.74. The van der Waals surface area contributed by atoms with Crippen molar-refractivity contribution in [1.29, 1.82) is 0 Å². The van der Waals surface area contributed by atoms with Gasteiger partial charge in [-0.05, 0) is 79.7 Å². The molecule has 3 aromatic heterocycles. The molecule has 9 rings (SSSR count). The second-order valence-electron chi connectivity index (χ2n) is 13.6. The molecule has 1 unspecified atom stereocenters. The van der Waals surface area contributed by atoms with Gasteiger partial charge < -0.3 is 4.57 Å². The van der Waals surface area contributed by atoms with Gasteiger partial charge in [0.15, 0.2) is 0 Å². The molecule has 3 heteroatoms. The van der Waals surface area contributed by atoms with Gasteiger partial charge >= 0.3 is 0 Å². The van der Waals surface area contributed by atoms with E-state index in [0.717, 1.165) is 27.4 Å². The minimum atomic E-state index is 0.636. The fraction of sp³-hybridized carbons (Fsp3) is 0.167. The molecule has 0 fully saturated rings. The number of nitrogens with zero attached hydrogens (tertiary/aromatic N) is 1. The van der Waals surface area contributed by atoms with Crippen LogP contribution in [-0.4, -0.2) is 4.57 Å². The molecule has 0 saturated heterocycles. The zero-order chi connectivity index (χ0) is 34.3. The van der Waals surface area contributed by atoms with E-state index in [9.17, 15) is 0 Å². The van der Waals surface area contributed by atoms with Crippen LogP contribution in [0.1, 0.15) is 60.4 Å². The van der Waals surface area contributed by atoms with Gasteiger partial charge in [0.2, 0.25) is 0 Å². The Morgan fingerprint density at radius 2 is 0.941 bits per heavy atom. The zero-order valence-corrected chi connectivity index (χ0v) is 30.6. The van der Waals surface area contributed by atoms with Gasteiger partial charge in [-0.2, -0.15) is 0 Å². The molecule has 1 nitrogen and oxygen atoms in total. The van der Waals surface area contributed by atoms with Gasteiger partial charge in [0.25, 0.3) is 0 Å². The fourth-order valence-electron chi connectivity index (χ4n) is 7.66. The maximum absolute atomic E-state index is 3.65. The van der Waals surface area contributed by atoms with E-state index in [1.54, 1.807) is 0 Å². The number of aromatic nitrogens is 1. The first kappa shape index (κ1) is 31.6. The van der Waals surface area contributed by atoms with E-state index in [0.29, 0.717) is 5.92 Å². The molecule has 9 aromatic rings. The van der Waals surface area contributed by atoms with Crippen LogP contribution in [0.3, 0.4) is 0 Å². The Morgan fingerprint density at radius 3 is 1.33 bits per heavy atom. The number of unbranched alkanes of at least 4 members (excludes halogenated alkanes) is 1. The summed E-state index contributed by atoms with van der Waals surface area (Å²) in [5.74, 6) is 15.2. The summed E-state index contributed by atoms with van der Waals surface area (Å²) < 4.78 is 5.24. The molecule has 0 aliphatic rings. The van der Waals surface area contributed by atoms with E-state index in [-0.39, 0.29) is 0 Å². The standard InChI is InChI=1S/C48H37NS2/c1-3-5-14-32(4-2)31-49-45-29-37(23-25-43-39-19-10-6-15-33(39)27-34-16-7-11-20-40(34)43)50-47(45)48-46(49)30-38(51-48)24-26-44-41-21-12-8-17-35(41)28-36-18-9-13-22-42(36)44/h6-13,15-22,27-30,32H,3-5,14,31H2,1-2H3. The molecule has 246 valence electrons. The van der Waals surface area contributed by atoms with Gasteiger partial charge in [0.1, 0.15) is 0 Å². The lowest BCUT2D eigenvalue weighted by atomic mass is 9.97. The summed E-state index contributed by atoms with van der Waals surface area (Å²) in [4.78, 5) is 2.22. The Balaban J connectivity index is 1.18. The van der Waals surface area contributed by atoms with Crippen LogP contribution in [0.2, 0.25) is 0 Å². The fourth-order valence-corrected chi connectivity index (χ4v) is 9.84. The molecule has 0 amide bonds. The van der Waals surface area contributed by atoms with Crippen molar-refractivity contribution in [2.24, 2.45) is 5.92 Å². The van der Waals surface area contributed by atoms with Crippen LogP contribution < -0.4 is 0 Å². The normalized spacial score (nSPS) is 12.1. The molecule has 3 heterocycles. The summed E-state index contributed by atoms with van der Waals surface area (Å²) in [6.07, 6.45) is 4.93. The van der Waals surface area contributed by atoms with Crippen LogP contribution in [0.4, 0.5) is 0 Å². The number of hydrogen-bond donors (Lipinski definition) is 0. The maximum atomic E-state index is 3.65. The predicted molar refractivity (Wildman–Crippen MR) is 223 cm³/mol. The highest BCUT2D eigenvalue weighted by Crippen LogP contribution is 2.41. The Labute approximate surface area is 307 Å². The lowest BCUT2D eigenvalue weighted by molar-refractivity contribution is 0.401. The van der Waals surface area contributed by atoms with Crippen molar-refractivity contribution < 1.29 is 0 Å². The van der Waals surface area contributed by atoms with E-state index in [4.69, 9.17) is 0 Å². The first-order valence-corrected chi connectivity index (χ1v) is 19.7. The average Bonchev–Trinajstić information content (AvgIpc) is 3.85. The van der Waals surface area contributed by atoms with Gasteiger partial charge in [-0.1, -0.05) is 154 Å². The first-order chi connectivity index (χ1) is 25.2. The van der Waals surface area contributed by atoms with Crippen molar-refractivity contribution >= 4 is 86.2 Å². The van der Waals surface area contributed by atoms with Crippen LogP contribution in [0.5, 0.6) is 0 Å². The molecule has 6 aromatic carbocycles. The van der Waals surface area contributed by atoms with Crippen LogP contribution in [0, 0.1) is 29.6 Å². The topological polar surface area (TPSA) is 4.93 Å². The number of hydrogen-bond acceptors (Lipinski definition) is 2. The quantitative estimate of drug-likeness (QED) is 0.121. The zero-order valence-electron chi connectivity index (χ0n) is 28.9. The van der Waals surface area contributed by atoms with Crippen molar-refractivity contribution in [3.63, 3.8) is 0 Å². The highest BCUT2D eigenvalue weighted by Gasteiger charge is 2.19. The third-order valence-corrected chi connectivity index (χ3v) is 12.6. The summed E-state index contributed by atoms with van der Waals surface area (Å²) in [6, 6.07) is 43.7. The van der Waals surface area contributed by atoms with Crippen molar-refractivity contribution in [1.82, 2.24) is 4.57 Å². The second-order valence-corrected chi connectivity index (χ2v) is 15.7. The smallest absolute Gasteiger partial charge is 0.0800 e. The summed E-state index contributed by atoms with van der Waals surface area (Å²) in [7, 11) is 0. The molecule has 0 radical (unpaired) electrons. The third kappa shape index (κ3) is 5.78. The second kappa shape index (κ2) is 13.4. The Bertz CT molecular complexity index is 2590. The highest BCUT2D eigenvalue weighted by molar-refractivity contribution is 7.27. The van der Waals surface area contributed by atoms with E-state index in [2.05, 4.69) is 163 Å². The molecule has 0 saturated carbocycles. The van der Waals surface area contributed by atoms with Gasteiger partial charge in [0.05, 0.1) is 30.2 Å². The predicted octanol–water partition coefficient (Wildman–Crippen LogP) is 13.5. The molecular formula is C48H37NS2. The monoisotopic (exact) mass is 691 g/mol. The number of benzene rings is 6. The molecule has 0 spiro atoms. The van der Waals surface area contributed by atoms with Crippen molar-refractivity contribution in [2.45, 2.75) is 46.1 Å². The minimum absolute atomic E-state index is 0.636. The Morgan fingerprint density at radius 1 is 0.529 bits per heavy atom. The van der Waals surface area contributed by atoms with Crippen LogP contribution >= 0.6 is 22.7 Å². The Hall–Kier alpha value is -5.32. The molecule has 51 heavy (non-hydrogen) atoms. The van der Waals surface area contributed by atoms with Gasteiger partial charge in [-0.15, -0.1) is 22.7 Å². The molecule has 0 N–H and O–H groups in total. The van der Waals surface area contributed by atoms with Crippen LogP contribution in [-0.2, 0) is 6.54 Å². The van der Waals surface area contributed by atoms with E-state index in [1.807, 2.05) is 22.7 Å². The molecule has 0 aliphatic heterocycles. The maximum Gasteiger partial charge on any atom is 0.0800 e. The first-order valence-electron chi connectivity index (χ1n) is 18.1. The van der Waals surface area contributed by atoms with E-state index < -0.39 is 0 Å². The van der Waals surface area contributed by atoms with E-state index in [1.165, 1.54) is 89.2 Å². The van der Waals surface area contributed by atoms with Crippen molar-refractivity contribution in [3.8, 4) is 23.7 Å². The Kier molecular flexibility index (Phi) is 8.33. The van der Waals surface area contributed by atoms with E-state index >= 15 is 0 Å². The van der Waals surface area contributed by atoms with Gasteiger partial charge in [0, 0.05) is 17.7 Å². The van der Waals surface area contributed by atoms with Crippen molar-refractivity contribution in [2.75, 3.05) is 0 Å². The van der Waals surface area contributed by atoms with Crippen LogP contribution in [0.15, 0.2) is 121 Å². The van der Waals surface area contributed by atoms with Crippen LogP contribution in [0.25, 0.3) is 63.5 Å². The third-order valence-electron chi connectivity index (χ3n) is 10.4. The van der Waals surface area contributed by atoms with Gasteiger partial charge in [-0.3, -0.25) is 0 Å². The van der Waals surface area contributed by atoms with Gasteiger partial charge in [-0.25, -0.2) is 0 Å². The number of fused-ring (bicyclic) bond motifs is 7. The SMILES string of the molecule is CCCCC(CC)Cn1c2cc(C#Cc3c4ccccc4cc4ccccc34)sc2c2sc(C#Cc3c4ccccc4cc4ccccc34)cc21. The summed E-state index contributed by atoms with van der Waals surface area (Å²) >= 11 is 3.66. The summed E-state index contributed by atoms with van der Waals surface area (Å²) in [5.41, 5.74) is 4.83. The minimum Gasteiger partial charge on any atom is -0.339 e. The van der Waals surface area contributed by atoms with Crippen molar-refractivity contribution in [3.05, 3.63) is 142 Å². The lowest BCUT2D eigenvalue weighted by Gasteiger charge is -2.16. The largest absolute Gasteiger partial charge is 0.339 e. The molecule has 1 atom stereocenters. The lowest BCUT2D eigenvalue weighted by Crippen LogP contribution is -2.09. The molecule has 0 bridgehead atoms. The number of thiophene rings is 2. The molecule has 0 aliphatic carbocycles. The highest BCUT2D eigenvalue weighted by atomic mass is 32.1. The molecular weight excluding hydrogens is 655 g/mol. The average molecular weight is 692 g/mol.